The molecule has 0 fully saturated rings. The highest BCUT2D eigenvalue weighted by molar-refractivity contribution is 6.10. The summed E-state index contributed by atoms with van der Waals surface area (Å²) < 4.78 is 5.23. The van der Waals surface area contributed by atoms with Crippen LogP contribution in [0.3, 0.4) is 0 Å². The summed E-state index contributed by atoms with van der Waals surface area (Å²) in [5.74, 6) is -1.41. The van der Waals surface area contributed by atoms with Gasteiger partial charge in [-0.05, 0) is 44.0 Å². The summed E-state index contributed by atoms with van der Waals surface area (Å²) in [6.07, 6.45) is -0.999. The van der Waals surface area contributed by atoms with E-state index in [0.29, 0.717) is 22.5 Å². The van der Waals surface area contributed by atoms with E-state index in [1.807, 2.05) is 32.0 Å². The van der Waals surface area contributed by atoms with E-state index < -0.39 is 18.0 Å². The summed E-state index contributed by atoms with van der Waals surface area (Å²) in [5, 5.41) is 2.77. The third kappa shape index (κ3) is 3.81. The fraction of sp³-hybridized carbons (Fsp3) is 0.227. The molecule has 0 radical (unpaired) electrons. The van der Waals surface area contributed by atoms with Crippen molar-refractivity contribution in [2.45, 2.75) is 26.9 Å². The SMILES string of the molecule is C=C1c2ccccc2C(=O)N1CC(=O)OC(C)C(=O)Nc1cc(C)ccc1C. The van der Waals surface area contributed by atoms with Crippen LogP contribution in [0, 0.1) is 13.8 Å². The lowest BCUT2D eigenvalue weighted by Crippen LogP contribution is -2.35. The third-order valence-electron chi connectivity index (χ3n) is 4.65. The van der Waals surface area contributed by atoms with E-state index in [2.05, 4.69) is 11.9 Å². The largest absolute Gasteiger partial charge is 0.451 e. The van der Waals surface area contributed by atoms with Crippen molar-refractivity contribution in [3.8, 4) is 0 Å². The first-order valence-corrected chi connectivity index (χ1v) is 8.95. The first-order valence-electron chi connectivity index (χ1n) is 8.95. The number of ether oxygens (including phenoxy) is 1. The van der Waals surface area contributed by atoms with Crippen molar-refractivity contribution in [1.82, 2.24) is 4.90 Å². The van der Waals surface area contributed by atoms with Crippen LogP contribution in [-0.4, -0.2) is 35.3 Å². The van der Waals surface area contributed by atoms with Crippen molar-refractivity contribution in [2.75, 3.05) is 11.9 Å². The topological polar surface area (TPSA) is 75.7 Å². The highest BCUT2D eigenvalue weighted by Gasteiger charge is 2.33. The number of benzene rings is 2. The number of carbonyl (C=O) groups excluding carboxylic acids is 3. The molecule has 2 aromatic rings. The van der Waals surface area contributed by atoms with Crippen LogP contribution < -0.4 is 5.32 Å². The Labute approximate surface area is 163 Å². The zero-order valence-electron chi connectivity index (χ0n) is 16.1. The molecule has 0 bridgehead atoms. The third-order valence-corrected chi connectivity index (χ3v) is 4.65. The lowest BCUT2D eigenvalue weighted by atomic mass is 10.1. The van der Waals surface area contributed by atoms with Crippen molar-refractivity contribution in [1.29, 1.82) is 0 Å². The maximum absolute atomic E-state index is 12.5. The Morgan fingerprint density at radius 1 is 1.14 bits per heavy atom. The minimum Gasteiger partial charge on any atom is -0.451 e. The first kappa shape index (κ1) is 19.4. The van der Waals surface area contributed by atoms with Gasteiger partial charge >= 0.3 is 5.97 Å². The number of carbonyl (C=O) groups is 3. The van der Waals surface area contributed by atoms with E-state index in [1.165, 1.54) is 11.8 Å². The van der Waals surface area contributed by atoms with Crippen LogP contribution in [0.25, 0.3) is 5.70 Å². The molecule has 0 aromatic heterocycles. The summed E-state index contributed by atoms with van der Waals surface area (Å²) in [7, 11) is 0. The van der Waals surface area contributed by atoms with E-state index in [-0.39, 0.29) is 12.5 Å². The number of hydrogen-bond acceptors (Lipinski definition) is 4. The molecule has 0 saturated carbocycles. The van der Waals surface area contributed by atoms with E-state index in [1.54, 1.807) is 24.3 Å². The predicted molar refractivity (Wildman–Crippen MR) is 107 cm³/mol. The molecule has 1 atom stereocenters. The van der Waals surface area contributed by atoms with Gasteiger partial charge in [0.1, 0.15) is 6.54 Å². The van der Waals surface area contributed by atoms with Crippen molar-refractivity contribution in [3.63, 3.8) is 0 Å². The molecule has 1 N–H and O–H groups in total. The van der Waals surface area contributed by atoms with Crippen LogP contribution in [0.2, 0.25) is 0 Å². The second kappa shape index (κ2) is 7.68. The highest BCUT2D eigenvalue weighted by atomic mass is 16.5. The minimum absolute atomic E-state index is 0.298. The molecule has 1 unspecified atom stereocenters. The molecule has 0 aliphatic carbocycles. The Balaban J connectivity index is 1.60. The molecule has 6 heteroatoms. The van der Waals surface area contributed by atoms with Gasteiger partial charge in [-0.3, -0.25) is 19.3 Å². The zero-order chi connectivity index (χ0) is 20.4. The lowest BCUT2D eigenvalue weighted by Gasteiger charge is -2.19. The summed E-state index contributed by atoms with van der Waals surface area (Å²) in [6, 6.07) is 12.7. The maximum atomic E-state index is 12.5. The number of anilines is 1. The van der Waals surface area contributed by atoms with Crippen molar-refractivity contribution >= 4 is 29.2 Å². The van der Waals surface area contributed by atoms with Crippen LogP contribution in [0.15, 0.2) is 49.0 Å². The number of nitrogens with one attached hydrogen (secondary N) is 1. The predicted octanol–water partition coefficient (Wildman–Crippen LogP) is 3.30. The quantitative estimate of drug-likeness (QED) is 0.810. The molecule has 1 heterocycles. The monoisotopic (exact) mass is 378 g/mol. The number of esters is 1. The lowest BCUT2D eigenvalue weighted by molar-refractivity contribution is -0.153. The normalized spacial score (nSPS) is 13.9. The number of hydrogen-bond donors (Lipinski definition) is 1. The summed E-state index contributed by atoms with van der Waals surface area (Å²) >= 11 is 0. The fourth-order valence-electron chi connectivity index (χ4n) is 3.02. The summed E-state index contributed by atoms with van der Waals surface area (Å²) in [4.78, 5) is 38.4. The van der Waals surface area contributed by atoms with Crippen LogP contribution in [-0.2, 0) is 14.3 Å². The Morgan fingerprint density at radius 2 is 1.82 bits per heavy atom. The van der Waals surface area contributed by atoms with Gasteiger partial charge in [-0.15, -0.1) is 0 Å². The molecule has 2 aromatic carbocycles. The van der Waals surface area contributed by atoms with Crippen LogP contribution in [0.1, 0.15) is 34.0 Å². The molecule has 1 aliphatic heterocycles. The van der Waals surface area contributed by atoms with E-state index in [9.17, 15) is 14.4 Å². The first-order chi connectivity index (χ1) is 13.3. The summed E-state index contributed by atoms with van der Waals surface area (Å²) in [6.45, 7) is 8.89. The molecule has 6 nitrogen and oxygen atoms in total. The molecule has 0 saturated heterocycles. The second-order valence-electron chi connectivity index (χ2n) is 6.82. The number of rotatable bonds is 5. The standard InChI is InChI=1S/C22H22N2O4/c1-13-9-10-14(2)19(11-13)23-21(26)16(4)28-20(25)12-24-15(3)17-7-5-6-8-18(17)22(24)27/h5-11,16H,3,12H2,1-2,4H3,(H,23,26). The number of aryl methyl sites for hydroxylation is 2. The summed E-state index contributed by atoms with van der Waals surface area (Å²) in [5.41, 5.74) is 4.24. The van der Waals surface area contributed by atoms with Crippen molar-refractivity contribution in [2.24, 2.45) is 0 Å². The molecular weight excluding hydrogens is 356 g/mol. The van der Waals surface area contributed by atoms with Gasteiger partial charge in [0.2, 0.25) is 0 Å². The second-order valence-corrected chi connectivity index (χ2v) is 6.82. The Morgan fingerprint density at radius 3 is 2.50 bits per heavy atom. The molecule has 0 spiro atoms. The van der Waals surface area contributed by atoms with Gasteiger partial charge in [0.05, 0.1) is 0 Å². The number of fused-ring (bicyclic) bond motifs is 1. The van der Waals surface area contributed by atoms with Crippen LogP contribution in [0.4, 0.5) is 5.69 Å². The Kier molecular flexibility index (Phi) is 5.31. The Bertz CT molecular complexity index is 945. The zero-order valence-corrected chi connectivity index (χ0v) is 16.1. The average molecular weight is 378 g/mol. The highest BCUT2D eigenvalue weighted by Crippen LogP contribution is 2.30. The molecule has 3 rings (SSSR count). The van der Waals surface area contributed by atoms with Gasteiger partial charge in [0, 0.05) is 22.5 Å². The van der Waals surface area contributed by atoms with Gasteiger partial charge in [-0.2, -0.15) is 0 Å². The Hall–Kier alpha value is -3.41. The fourth-order valence-corrected chi connectivity index (χ4v) is 3.02. The van der Waals surface area contributed by atoms with E-state index >= 15 is 0 Å². The maximum Gasteiger partial charge on any atom is 0.326 e. The van der Waals surface area contributed by atoms with E-state index in [0.717, 1.165) is 11.1 Å². The van der Waals surface area contributed by atoms with Crippen LogP contribution in [0.5, 0.6) is 0 Å². The molecule has 144 valence electrons. The van der Waals surface area contributed by atoms with Gasteiger partial charge in [-0.1, -0.05) is 36.9 Å². The van der Waals surface area contributed by atoms with Crippen molar-refractivity contribution < 1.29 is 19.1 Å². The minimum atomic E-state index is -0.999. The van der Waals surface area contributed by atoms with Gasteiger partial charge in [0.15, 0.2) is 6.10 Å². The van der Waals surface area contributed by atoms with Gasteiger partial charge < -0.3 is 10.1 Å². The molecular formula is C22H22N2O4. The molecule has 1 aliphatic rings. The smallest absolute Gasteiger partial charge is 0.326 e. The number of amides is 2. The van der Waals surface area contributed by atoms with E-state index in [4.69, 9.17) is 4.74 Å². The average Bonchev–Trinajstić information content (AvgIpc) is 2.90. The van der Waals surface area contributed by atoms with Gasteiger partial charge in [-0.25, -0.2) is 0 Å². The number of nitrogens with zero attached hydrogens (tertiary/aromatic N) is 1. The van der Waals surface area contributed by atoms with Crippen molar-refractivity contribution in [3.05, 3.63) is 71.3 Å². The molecule has 28 heavy (non-hydrogen) atoms. The van der Waals surface area contributed by atoms with Crippen LogP contribution >= 0.6 is 0 Å². The molecule has 2 amide bonds. The van der Waals surface area contributed by atoms with Gasteiger partial charge in [0.25, 0.3) is 11.8 Å².